The third kappa shape index (κ3) is 12.5. The number of allylic oxidation sites excluding steroid dienone is 2. The predicted molar refractivity (Wildman–Crippen MR) is 413 cm³/mol. The van der Waals surface area contributed by atoms with Crippen molar-refractivity contribution < 1.29 is 38.0 Å². The minimum atomic E-state index is -0.198. The molecule has 6 saturated carbocycles. The molecule has 8 nitrogen and oxygen atoms in total. The second-order valence-electron chi connectivity index (χ2n) is 42.3. The fourth-order valence-corrected chi connectivity index (χ4v) is 26.0. The predicted octanol–water partition coefficient (Wildman–Crippen LogP) is 23.0. The van der Waals surface area contributed by atoms with Crippen LogP contribution in [0, 0.1) is 147 Å². The summed E-state index contributed by atoms with van der Waals surface area (Å²) >= 11 is 0. The third-order valence-electron chi connectivity index (χ3n) is 35.0. The molecule has 0 radical (unpaired) electrons. The van der Waals surface area contributed by atoms with Crippen LogP contribution in [0.3, 0.4) is 0 Å². The van der Waals surface area contributed by atoms with Gasteiger partial charge in [-0.3, -0.25) is 9.59 Å². The van der Waals surface area contributed by atoms with E-state index in [-0.39, 0.29) is 112 Å². The summed E-state index contributed by atoms with van der Waals surface area (Å²) in [5.74, 6) is 4.43. The van der Waals surface area contributed by atoms with Gasteiger partial charge in [0.05, 0.1) is 63.7 Å². The highest BCUT2D eigenvalue weighted by atomic mass is 16.5. The molecule has 8 aliphatic carbocycles. The maximum absolute atomic E-state index is 14.7. The average Bonchev–Trinajstić information content (AvgIpc) is 0.677. The van der Waals surface area contributed by atoms with Crippen LogP contribution >= 0.6 is 0 Å². The minimum Gasteiger partial charge on any atom is -0.461 e. The molecule has 2 heterocycles. The molecule has 0 unspecified atom stereocenters. The number of carbonyl (C=O) groups excluding carboxylic acids is 2. The molecule has 12 rings (SSSR count). The normalized spacial score (nSPS) is 42.3. The molecule has 2 aromatic carbocycles. The van der Waals surface area contributed by atoms with Gasteiger partial charge in [0, 0.05) is 21.7 Å². The van der Waals surface area contributed by atoms with Crippen molar-refractivity contribution in [1.82, 2.24) is 0 Å². The second kappa shape index (κ2) is 27.4. The van der Waals surface area contributed by atoms with Crippen molar-refractivity contribution in [3.8, 4) is 0 Å². The van der Waals surface area contributed by atoms with Gasteiger partial charge in [-0.1, -0.05) is 264 Å². The molecular formula is C93H146O8. The number of benzene rings is 2. The van der Waals surface area contributed by atoms with Crippen LogP contribution in [0.5, 0.6) is 0 Å². The fraction of sp³-hybridized carbons (Fsp3) is 0.806. The van der Waals surface area contributed by atoms with Crippen LogP contribution in [-0.4, -0.2) is 63.8 Å². The van der Waals surface area contributed by atoms with Gasteiger partial charge in [0.2, 0.25) is 0 Å². The summed E-state index contributed by atoms with van der Waals surface area (Å²) in [6.45, 7) is 68.2. The highest BCUT2D eigenvalue weighted by Crippen LogP contribution is 2.78. The van der Waals surface area contributed by atoms with Gasteiger partial charge in [-0.25, -0.2) is 0 Å². The van der Waals surface area contributed by atoms with E-state index in [4.69, 9.17) is 28.4 Å². The van der Waals surface area contributed by atoms with Crippen molar-refractivity contribution in [3.05, 3.63) is 95.1 Å². The van der Waals surface area contributed by atoms with E-state index in [1.165, 1.54) is 25.7 Å². The molecule has 2 aromatic rings. The molecule has 566 valence electrons. The van der Waals surface area contributed by atoms with Crippen LogP contribution in [0.25, 0.3) is 0 Å². The van der Waals surface area contributed by atoms with Crippen molar-refractivity contribution in [2.75, 3.05) is 39.6 Å². The Labute approximate surface area is 617 Å². The van der Waals surface area contributed by atoms with E-state index in [0.717, 1.165) is 109 Å². The molecule has 2 saturated heterocycles. The van der Waals surface area contributed by atoms with E-state index in [2.05, 4.69) is 216 Å². The topological polar surface area (TPSA) is 89.5 Å². The minimum absolute atomic E-state index is 0.00350. The number of rotatable bonds is 17. The molecule has 4 bridgehead atoms. The molecule has 0 N–H and O–H groups in total. The van der Waals surface area contributed by atoms with E-state index in [0.29, 0.717) is 72.4 Å². The van der Waals surface area contributed by atoms with Gasteiger partial charge >= 0.3 is 11.9 Å². The van der Waals surface area contributed by atoms with Crippen LogP contribution in [0.15, 0.2) is 84.0 Å². The van der Waals surface area contributed by atoms with E-state index in [9.17, 15) is 9.59 Å². The summed E-state index contributed by atoms with van der Waals surface area (Å²) in [7, 11) is 0. The third-order valence-corrected chi connectivity index (χ3v) is 35.0. The van der Waals surface area contributed by atoms with E-state index < -0.39 is 0 Å². The number of ether oxygens (including phenoxy) is 6. The summed E-state index contributed by atoms with van der Waals surface area (Å²) in [6.07, 6.45) is 20.2. The van der Waals surface area contributed by atoms with Crippen LogP contribution in [0.1, 0.15) is 275 Å². The molecule has 101 heavy (non-hydrogen) atoms. The van der Waals surface area contributed by atoms with Gasteiger partial charge in [0.15, 0.2) is 0 Å². The van der Waals surface area contributed by atoms with Crippen molar-refractivity contribution in [1.29, 1.82) is 0 Å². The van der Waals surface area contributed by atoms with Gasteiger partial charge in [-0.2, -0.15) is 0 Å². The number of esters is 2. The number of hydrogen-bond acceptors (Lipinski definition) is 8. The highest BCUT2D eigenvalue weighted by Gasteiger charge is 2.74. The van der Waals surface area contributed by atoms with Gasteiger partial charge in [-0.05, 0) is 208 Å². The molecule has 8 fully saturated rings. The molecule has 0 amide bonds. The SMILES string of the molecule is CC(C)[C@@H](C)[C@@]1(C)CC[C@]2(C)[C@H]3CC[C@@H]4[C@@]5(COC[C@]4(C)[C@@H](OCC(C)(C)C(C)(C)C)[C@H](C)C5)C3=CC[C@@]2(C)[C@@H]1C(=O)OCc1ccccc1.CC[C@@](C)(CO[C@H]1[C@H](C)C[C@@]23COC[C@@]1(C)[C@@H]2CC[C@H]1C3=CC[C@@]2(C)[C@H](C(=O)OCc3ccccc3)[C@@](C)([C@H](C)C(C)C)CC[C@]12C)C(C)(C)C. The molecule has 8 heteroatoms. The first-order chi connectivity index (χ1) is 46.9. The molecule has 0 spiro atoms. The average molecular weight is 1390 g/mol. The lowest BCUT2D eigenvalue weighted by Crippen LogP contribution is -2.69. The van der Waals surface area contributed by atoms with Crippen molar-refractivity contribution in [2.24, 2.45) is 147 Å². The number of hydrogen-bond donors (Lipinski definition) is 0. The number of fused-ring (bicyclic) bond motifs is 6. The summed E-state index contributed by atoms with van der Waals surface area (Å²) in [6, 6.07) is 20.4. The quantitative estimate of drug-likeness (QED) is 0.114. The lowest BCUT2D eigenvalue weighted by molar-refractivity contribution is -0.257. The molecule has 2 aliphatic heterocycles. The Balaban J connectivity index is 0.000000203. The Morgan fingerprint density at radius 2 is 0.871 bits per heavy atom. The summed E-state index contributed by atoms with van der Waals surface area (Å²) in [5, 5.41) is 0. The largest absolute Gasteiger partial charge is 0.461 e. The van der Waals surface area contributed by atoms with Gasteiger partial charge in [-0.15, -0.1) is 0 Å². The van der Waals surface area contributed by atoms with Crippen molar-refractivity contribution in [2.45, 2.75) is 289 Å². The number of carbonyl (C=O) groups is 2. The summed E-state index contributed by atoms with van der Waals surface area (Å²) in [5.41, 5.74) is 5.44. The maximum atomic E-state index is 14.7. The Morgan fingerprint density at radius 1 is 0.495 bits per heavy atom. The maximum Gasteiger partial charge on any atom is 0.310 e. The van der Waals surface area contributed by atoms with E-state index in [1.807, 2.05) is 36.4 Å². The van der Waals surface area contributed by atoms with E-state index >= 15 is 0 Å². The first kappa shape index (κ1) is 78.8. The fourth-order valence-electron chi connectivity index (χ4n) is 26.0. The first-order valence-corrected chi connectivity index (χ1v) is 41.1. The van der Waals surface area contributed by atoms with Crippen LogP contribution in [-0.2, 0) is 51.2 Å². The summed E-state index contributed by atoms with van der Waals surface area (Å²) in [4.78, 5) is 29.5. The second-order valence-corrected chi connectivity index (χ2v) is 42.3. The monoisotopic (exact) mass is 1390 g/mol. The lowest BCUT2D eigenvalue weighted by Gasteiger charge is -2.71. The Morgan fingerprint density at radius 3 is 1.22 bits per heavy atom. The zero-order valence-corrected chi connectivity index (χ0v) is 69.1. The molecule has 0 aromatic heterocycles. The molecular weight excluding hydrogens is 1250 g/mol. The van der Waals surface area contributed by atoms with Crippen LogP contribution in [0.2, 0.25) is 0 Å². The van der Waals surface area contributed by atoms with E-state index in [1.54, 1.807) is 11.1 Å². The highest BCUT2D eigenvalue weighted by molar-refractivity contribution is 5.76. The van der Waals surface area contributed by atoms with Gasteiger partial charge in [0.1, 0.15) is 13.2 Å². The van der Waals surface area contributed by atoms with Crippen molar-refractivity contribution >= 4 is 11.9 Å². The zero-order chi connectivity index (χ0) is 74.1. The molecule has 10 aliphatic rings. The molecule has 23 atom stereocenters. The van der Waals surface area contributed by atoms with Gasteiger partial charge in [0.25, 0.3) is 0 Å². The van der Waals surface area contributed by atoms with Crippen LogP contribution < -0.4 is 0 Å². The first-order valence-electron chi connectivity index (χ1n) is 41.1. The summed E-state index contributed by atoms with van der Waals surface area (Å²) < 4.78 is 40.5. The Hall–Kier alpha value is -3.30. The van der Waals surface area contributed by atoms with Gasteiger partial charge < -0.3 is 28.4 Å². The zero-order valence-electron chi connectivity index (χ0n) is 69.1. The van der Waals surface area contributed by atoms with Crippen molar-refractivity contribution in [3.63, 3.8) is 0 Å². The van der Waals surface area contributed by atoms with Crippen LogP contribution in [0.4, 0.5) is 0 Å². The standard InChI is InChI=1S/C47H74O4.C46H72O4/c1-14-42(9,41(6,7)8)28-51-39-32(4)26-47-30-49-29-44(39,11)37(47)21-20-35-36(47)22-23-46(13)38(40(48)50-27-34-18-16-15-17-19-34)43(10,33(5)31(2)3)24-25-45(35,46)12;1-30(2)32(4)42(10)23-24-44(12)34-19-20-36-43(11)28-48-29-46(36,25-31(3)38(43)50-27-41(8,9)40(5,6)7)35(34)21-22-45(44,13)37(42)39(47)49-26-33-17-15-14-16-18-33/h15-19,22,31-33,35,37-39H,14,20-21,23-30H2,1-13H3;14-18,21,30-32,34,36-38H,19-20,22-29H2,1-13H3/t32-,33-,35+,37+,38-,39+,42+,43-,44+,45-,46+,47+;31-,32-,34+,36+,37-,38+,42-,43+,44-,45+,46+/m11/s1. The Bertz CT molecular complexity index is 3330. The Kier molecular flexibility index (Phi) is 21.4. The lowest BCUT2D eigenvalue weighted by atomic mass is 9.34. The smallest absolute Gasteiger partial charge is 0.310 e.